The third-order valence-electron chi connectivity index (χ3n) is 4.16. The van der Waals surface area contributed by atoms with Crippen LogP contribution in [0, 0.1) is 0 Å². The van der Waals surface area contributed by atoms with Crippen molar-refractivity contribution >= 4 is 58.3 Å². The molecule has 1 aromatic heterocycles. The van der Waals surface area contributed by atoms with Gasteiger partial charge < -0.3 is 26.8 Å². The Morgan fingerprint density at radius 2 is 1.03 bits per heavy atom. The molecule has 0 atom stereocenters. The molecule has 9 heteroatoms. The van der Waals surface area contributed by atoms with Gasteiger partial charge in [0.1, 0.15) is 11.2 Å². The van der Waals surface area contributed by atoms with Crippen LogP contribution in [0.1, 0.15) is 48.4 Å². The number of carbonyl (C=O) groups excluding carboxylic acids is 2. The number of nitrogens with two attached hydrogens (primary N) is 2. The van der Waals surface area contributed by atoms with Crippen molar-refractivity contribution in [1.29, 1.82) is 0 Å². The Morgan fingerprint density at radius 1 is 0.724 bits per heavy atom. The molecule has 3 aromatic rings. The lowest BCUT2D eigenvalue weighted by Gasteiger charge is -2.17. The zero-order valence-corrected chi connectivity index (χ0v) is 18.3. The molecule has 0 saturated heterocycles. The summed E-state index contributed by atoms with van der Waals surface area (Å²) in [6.45, 7) is 6.69. The Balaban J connectivity index is 0. The lowest BCUT2D eigenvalue weighted by Crippen LogP contribution is -2.41. The average molecular weight is 447 g/mol. The van der Waals surface area contributed by atoms with Gasteiger partial charge in [0.05, 0.1) is 11.1 Å². The summed E-state index contributed by atoms with van der Waals surface area (Å²) in [5.74, 6) is -0.307. The number of hydrogen-bond acceptors (Lipinski definition) is 5. The number of carbonyl (C=O) groups is 2. The van der Waals surface area contributed by atoms with E-state index in [0.717, 1.165) is 10.8 Å². The van der Waals surface area contributed by atoms with E-state index in [9.17, 15) is 9.59 Å². The molecule has 7 nitrogen and oxygen atoms in total. The molecule has 0 aliphatic carbocycles. The van der Waals surface area contributed by atoms with E-state index in [1.807, 2.05) is 0 Å². The highest BCUT2D eigenvalue weighted by Crippen LogP contribution is 2.31. The number of fused-ring (bicyclic) bond motifs is 3. The zero-order valence-electron chi connectivity index (χ0n) is 16.7. The minimum absolute atomic E-state index is 0. The highest BCUT2D eigenvalue weighted by Gasteiger charge is 2.26. The van der Waals surface area contributed by atoms with Crippen LogP contribution in [0.2, 0.25) is 0 Å². The van der Waals surface area contributed by atoms with Crippen molar-refractivity contribution < 1.29 is 25.0 Å². The van der Waals surface area contributed by atoms with Crippen LogP contribution in [0.5, 0.6) is 0 Å². The van der Waals surface area contributed by atoms with Crippen LogP contribution in [0.15, 0.2) is 40.8 Å². The monoisotopic (exact) mass is 446 g/mol. The van der Waals surface area contributed by atoms with Gasteiger partial charge in [-0.25, -0.2) is 0 Å². The quantitative estimate of drug-likeness (QED) is 0.587. The summed E-state index contributed by atoms with van der Waals surface area (Å²) >= 11 is 0. The Hall–Kier alpha value is -2.00. The minimum Gasteiger partial charge on any atom is -0.456 e. The molecule has 0 spiro atoms. The van der Waals surface area contributed by atoms with Crippen molar-refractivity contribution in [3.05, 3.63) is 47.5 Å². The first-order valence-electron chi connectivity index (χ1n) is 8.12. The molecule has 0 amide bonds. The molecule has 29 heavy (non-hydrogen) atoms. The van der Waals surface area contributed by atoms with Gasteiger partial charge in [-0.05, 0) is 64.1 Å². The molecule has 0 aliphatic heterocycles. The van der Waals surface area contributed by atoms with E-state index in [2.05, 4.69) is 0 Å². The molecule has 0 unspecified atom stereocenters. The van der Waals surface area contributed by atoms with Gasteiger partial charge in [0, 0.05) is 21.9 Å². The van der Waals surface area contributed by atoms with E-state index in [1.54, 1.807) is 64.1 Å². The molecular weight excluding hydrogens is 419 g/mol. The fraction of sp³-hybridized carbons (Fsp3) is 0.300. The van der Waals surface area contributed by atoms with Gasteiger partial charge in [-0.15, -0.1) is 24.8 Å². The van der Waals surface area contributed by atoms with Gasteiger partial charge in [-0.2, -0.15) is 0 Å². The molecule has 3 rings (SSSR count). The highest BCUT2D eigenvalue weighted by molar-refractivity contribution is 6.13. The van der Waals surface area contributed by atoms with Crippen molar-refractivity contribution in [2.45, 2.75) is 38.8 Å². The first-order valence-corrected chi connectivity index (χ1v) is 8.12. The van der Waals surface area contributed by atoms with E-state index in [4.69, 9.17) is 15.9 Å². The van der Waals surface area contributed by atoms with Gasteiger partial charge in [0.15, 0.2) is 11.6 Å². The van der Waals surface area contributed by atoms with Gasteiger partial charge in [-0.3, -0.25) is 9.59 Å². The number of Topliss-reactive ketones (excluding diaryl/α,β-unsaturated/α-hetero) is 2. The van der Waals surface area contributed by atoms with Crippen molar-refractivity contribution in [3.63, 3.8) is 0 Å². The summed E-state index contributed by atoms with van der Waals surface area (Å²) in [5.41, 5.74) is 12.3. The van der Waals surface area contributed by atoms with E-state index < -0.39 is 11.1 Å². The highest BCUT2D eigenvalue weighted by atomic mass is 35.5. The van der Waals surface area contributed by atoms with E-state index in [0.29, 0.717) is 22.3 Å². The first-order chi connectivity index (χ1) is 11.5. The smallest absolute Gasteiger partial charge is 0.182 e. The Kier molecular flexibility index (Phi) is 9.73. The Morgan fingerprint density at radius 3 is 1.31 bits per heavy atom. The van der Waals surface area contributed by atoms with Gasteiger partial charge in [0.2, 0.25) is 0 Å². The van der Waals surface area contributed by atoms with Crippen LogP contribution in [-0.2, 0) is 0 Å². The topological polar surface area (TPSA) is 162 Å². The summed E-state index contributed by atoms with van der Waals surface area (Å²) in [5, 5.41) is 1.55. The maximum absolute atomic E-state index is 12.4. The van der Waals surface area contributed by atoms with Crippen molar-refractivity contribution in [2.75, 3.05) is 0 Å². The molecule has 162 valence electrons. The number of ketones is 2. The zero-order chi connectivity index (χ0) is 18.6. The summed E-state index contributed by atoms with van der Waals surface area (Å²) in [4.78, 5) is 24.9. The molecule has 0 fully saturated rings. The molecule has 0 saturated carbocycles. The summed E-state index contributed by atoms with van der Waals surface area (Å²) in [7, 11) is 0. The fourth-order valence-corrected chi connectivity index (χ4v) is 2.80. The molecule has 0 bridgehead atoms. The lowest BCUT2D eigenvalue weighted by atomic mass is 9.92. The SMILES string of the molecule is CC(C)(N)C(=O)c1ccc2oc3ccc(C(=O)C(C)(C)N)cc3c2c1.Cl.Cl.O.O. The molecule has 0 aliphatic rings. The second-order valence-corrected chi connectivity index (χ2v) is 7.63. The number of rotatable bonds is 4. The normalized spacial score (nSPS) is 11.0. The lowest BCUT2D eigenvalue weighted by molar-refractivity contribution is 0.0907. The van der Waals surface area contributed by atoms with Crippen LogP contribution < -0.4 is 11.5 Å². The number of benzene rings is 2. The van der Waals surface area contributed by atoms with Crippen LogP contribution in [-0.4, -0.2) is 33.6 Å². The number of halogens is 2. The van der Waals surface area contributed by atoms with E-state index in [1.165, 1.54) is 0 Å². The Labute approximate surface area is 181 Å². The van der Waals surface area contributed by atoms with Crippen molar-refractivity contribution in [1.82, 2.24) is 0 Å². The second kappa shape index (κ2) is 9.67. The third kappa shape index (κ3) is 5.54. The molecule has 8 N–H and O–H groups in total. The standard InChI is InChI=1S/C20H22N2O3.2ClH.2H2O/c1-19(2,21)17(23)11-5-7-15-13(9-11)14-10-12(6-8-16(14)25-15)18(24)20(3,4)22;;;;/h5-10H,21-22H2,1-4H3;2*1H;2*1H2. The van der Waals surface area contributed by atoms with E-state index >= 15 is 0 Å². The minimum atomic E-state index is -0.960. The van der Waals surface area contributed by atoms with Gasteiger partial charge >= 0.3 is 0 Å². The molecule has 2 aromatic carbocycles. The summed E-state index contributed by atoms with van der Waals surface area (Å²) in [6.07, 6.45) is 0. The molecular formula is C20H28Cl2N2O5. The summed E-state index contributed by atoms with van der Waals surface area (Å²) in [6, 6.07) is 10.4. The third-order valence-corrected chi connectivity index (χ3v) is 4.16. The first kappa shape index (κ1) is 29.2. The predicted octanol–water partition coefficient (Wildman–Crippen LogP) is 2.62. The Bertz CT molecular complexity index is 937. The predicted molar refractivity (Wildman–Crippen MR) is 121 cm³/mol. The summed E-state index contributed by atoms with van der Waals surface area (Å²) < 4.78 is 5.81. The maximum Gasteiger partial charge on any atom is 0.182 e. The maximum atomic E-state index is 12.4. The van der Waals surface area contributed by atoms with Crippen LogP contribution in [0.4, 0.5) is 0 Å². The number of furan rings is 1. The second-order valence-electron chi connectivity index (χ2n) is 7.63. The van der Waals surface area contributed by atoms with Crippen molar-refractivity contribution in [2.24, 2.45) is 11.5 Å². The largest absolute Gasteiger partial charge is 0.456 e. The molecule has 1 heterocycles. The van der Waals surface area contributed by atoms with Gasteiger partial charge in [-0.1, -0.05) is 0 Å². The average Bonchev–Trinajstić information content (AvgIpc) is 2.88. The van der Waals surface area contributed by atoms with Crippen molar-refractivity contribution in [3.8, 4) is 0 Å². The van der Waals surface area contributed by atoms with Crippen LogP contribution in [0.3, 0.4) is 0 Å². The molecule has 0 radical (unpaired) electrons. The fourth-order valence-electron chi connectivity index (χ4n) is 2.80. The van der Waals surface area contributed by atoms with E-state index in [-0.39, 0.29) is 47.3 Å². The number of hydrogen-bond donors (Lipinski definition) is 2. The van der Waals surface area contributed by atoms with Gasteiger partial charge in [0.25, 0.3) is 0 Å². The van der Waals surface area contributed by atoms with Crippen LogP contribution >= 0.6 is 24.8 Å². The van der Waals surface area contributed by atoms with Crippen LogP contribution in [0.25, 0.3) is 21.9 Å².